The molecule has 1 aromatic heterocycles. The fourth-order valence-electron chi connectivity index (χ4n) is 4.26. The molecule has 136 valence electrons. The number of carbonyl (C=O) groups excluding carboxylic acids is 1. The summed E-state index contributed by atoms with van der Waals surface area (Å²) in [4.78, 5) is 12.2. The lowest BCUT2D eigenvalue weighted by Gasteiger charge is -2.18. The van der Waals surface area contributed by atoms with Crippen molar-refractivity contribution in [2.45, 2.75) is 64.0 Å². The third kappa shape index (κ3) is 3.74. The minimum Gasteiger partial charge on any atom is -0.347 e. The van der Waals surface area contributed by atoms with E-state index in [2.05, 4.69) is 10.00 Å². The Kier molecular flexibility index (Phi) is 5.19. The molecule has 0 spiro atoms. The highest BCUT2D eigenvalue weighted by Crippen LogP contribution is 2.34. The van der Waals surface area contributed by atoms with Gasteiger partial charge in [-0.1, -0.05) is 43.2 Å². The Bertz CT molecular complexity index is 785. The summed E-state index contributed by atoms with van der Waals surface area (Å²) in [6.45, 7) is 0.528. The normalized spacial score (nSPS) is 17.5. The molecule has 0 radical (unpaired) electrons. The van der Waals surface area contributed by atoms with E-state index in [0.29, 0.717) is 12.6 Å². The molecule has 1 amide bonds. The fraction of sp³-hybridized carbons (Fsp3) is 0.455. The number of amides is 1. The van der Waals surface area contributed by atoms with Crippen LogP contribution in [0.15, 0.2) is 36.4 Å². The van der Waals surface area contributed by atoms with Crippen molar-refractivity contribution < 1.29 is 4.79 Å². The Balaban J connectivity index is 1.44. The minimum absolute atomic E-state index is 0.0613. The smallest absolute Gasteiger partial charge is 0.244 e. The van der Waals surface area contributed by atoms with Crippen molar-refractivity contribution in [3.8, 4) is 0 Å². The molecule has 1 fully saturated rings. The summed E-state index contributed by atoms with van der Waals surface area (Å²) >= 11 is 0. The summed E-state index contributed by atoms with van der Waals surface area (Å²) < 4.78 is 2.31. The van der Waals surface area contributed by atoms with Gasteiger partial charge in [-0.15, -0.1) is 0 Å². The van der Waals surface area contributed by atoms with E-state index >= 15 is 0 Å². The van der Waals surface area contributed by atoms with Gasteiger partial charge in [0.2, 0.25) is 5.91 Å². The molecule has 2 aliphatic rings. The van der Waals surface area contributed by atoms with Gasteiger partial charge in [0.25, 0.3) is 0 Å². The molecular formula is C22H27N3O. The van der Waals surface area contributed by atoms with Crippen molar-refractivity contribution in [2.24, 2.45) is 0 Å². The molecule has 26 heavy (non-hydrogen) atoms. The zero-order chi connectivity index (χ0) is 17.8. The first-order chi connectivity index (χ1) is 12.8. The van der Waals surface area contributed by atoms with Crippen LogP contribution in [0.2, 0.25) is 0 Å². The number of aromatic nitrogens is 2. The first-order valence-electron chi connectivity index (χ1n) is 9.91. The molecule has 0 saturated heterocycles. The molecular weight excluding hydrogens is 322 g/mol. The quantitative estimate of drug-likeness (QED) is 0.822. The van der Waals surface area contributed by atoms with E-state index in [4.69, 9.17) is 5.10 Å². The third-order valence-corrected chi connectivity index (χ3v) is 5.62. The minimum atomic E-state index is -0.0613. The Morgan fingerprint density at radius 2 is 1.88 bits per heavy atom. The number of fused-ring (bicyclic) bond motifs is 1. The predicted molar refractivity (Wildman–Crippen MR) is 104 cm³/mol. The zero-order valence-corrected chi connectivity index (χ0v) is 15.3. The van der Waals surface area contributed by atoms with Crippen LogP contribution in [-0.4, -0.2) is 15.7 Å². The van der Waals surface area contributed by atoms with Crippen LogP contribution in [0.5, 0.6) is 0 Å². The number of hydrogen-bond donors (Lipinski definition) is 1. The van der Waals surface area contributed by atoms with Gasteiger partial charge < -0.3 is 5.32 Å². The van der Waals surface area contributed by atoms with Crippen LogP contribution >= 0.6 is 0 Å². The molecule has 1 heterocycles. The second-order valence-electron chi connectivity index (χ2n) is 7.42. The highest BCUT2D eigenvalue weighted by atomic mass is 16.1. The van der Waals surface area contributed by atoms with E-state index in [0.717, 1.165) is 24.1 Å². The first kappa shape index (κ1) is 17.1. The summed E-state index contributed by atoms with van der Waals surface area (Å²) in [5.74, 6) is -0.0613. The summed E-state index contributed by atoms with van der Waals surface area (Å²) in [5.41, 5.74) is 4.95. The Labute approximate surface area is 155 Å². The topological polar surface area (TPSA) is 46.9 Å². The summed E-state index contributed by atoms with van der Waals surface area (Å²) in [5, 5.41) is 7.96. The average molecular weight is 349 g/mol. The summed E-state index contributed by atoms with van der Waals surface area (Å²) in [6, 6.07) is 10.5. The Morgan fingerprint density at radius 1 is 1.12 bits per heavy atom. The molecule has 4 rings (SSSR count). The fourth-order valence-corrected chi connectivity index (χ4v) is 4.26. The van der Waals surface area contributed by atoms with Gasteiger partial charge in [-0.2, -0.15) is 5.10 Å². The lowest BCUT2D eigenvalue weighted by atomic mass is 9.95. The third-order valence-electron chi connectivity index (χ3n) is 5.62. The average Bonchev–Trinajstić information content (AvgIpc) is 3.33. The van der Waals surface area contributed by atoms with E-state index in [1.165, 1.54) is 49.8 Å². The Morgan fingerprint density at radius 3 is 2.69 bits per heavy atom. The van der Waals surface area contributed by atoms with Crippen LogP contribution in [0.4, 0.5) is 0 Å². The number of carbonyl (C=O) groups is 1. The van der Waals surface area contributed by atoms with Gasteiger partial charge in [0.05, 0.1) is 18.3 Å². The van der Waals surface area contributed by atoms with Crippen LogP contribution in [0.1, 0.15) is 67.1 Å². The van der Waals surface area contributed by atoms with Crippen molar-refractivity contribution in [3.05, 3.63) is 58.9 Å². The van der Waals surface area contributed by atoms with E-state index in [-0.39, 0.29) is 5.91 Å². The maximum absolute atomic E-state index is 12.2. The zero-order valence-electron chi connectivity index (χ0n) is 15.3. The number of rotatable bonds is 5. The summed E-state index contributed by atoms with van der Waals surface area (Å²) in [7, 11) is 0. The van der Waals surface area contributed by atoms with Gasteiger partial charge in [-0.3, -0.25) is 9.48 Å². The highest BCUT2D eigenvalue weighted by molar-refractivity contribution is 5.91. The van der Waals surface area contributed by atoms with Crippen molar-refractivity contribution >= 4 is 12.0 Å². The second kappa shape index (κ2) is 7.90. The predicted octanol–water partition coefficient (Wildman–Crippen LogP) is 4.21. The Hall–Kier alpha value is -2.36. The lowest BCUT2D eigenvalue weighted by Crippen LogP contribution is -2.21. The van der Waals surface area contributed by atoms with E-state index in [1.54, 1.807) is 6.08 Å². The molecule has 2 aromatic rings. The van der Waals surface area contributed by atoms with Crippen molar-refractivity contribution in [1.82, 2.24) is 15.1 Å². The number of nitrogens with one attached hydrogen (secondary N) is 1. The van der Waals surface area contributed by atoms with Crippen molar-refractivity contribution in [2.75, 3.05) is 0 Å². The molecule has 0 unspecified atom stereocenters. The molecule has 4 nitrogen and oxygen atoms in total. The maximum atomic E-state index is 12.2. The molecule has 4 heteroatoms. The SMILES string of the molecule is O=C(/C=C/c1ccccc1)NCc1nn(C2CCCC2)c2c1CCCC2. The van der Waals surface area contributed by atoms with Crippen LogP contribution in [-0.2, 0) is 24.2 Å². The molecule has 1 aromatic carbocycles. The number of nitrogens with zero attached hydrogens (tertiary/aromatic N) is 2. The summed E-state index contributed by atoms with van der Waals surface area (Å²) in [6.07, 6.45) is 13.3. The van der Waals surface area contributed by atoms with E-state index in [1.807, 2.05) is 36.4 Å². The van der Waals surface area contributed by atoms with Crippen LogP contribution in [0.3, 0.4) is 0 Å². The van der Waals surface area contributed by atoms with Crippen LogP contribution in [0.25, 0.3) is 6.08 Å². The van der Waals surface area contributed by atoms with Gasteiger partial charge in [0.1, 0.15) is 0 Å². The molecule has 0 aliphatic heterocycles. The van der Waals surface area contributed by atoms with Crippen LogP contribution in [0, 0.1) is 0 Å². The molecule has 1 saturated carbocycles. The monoisotopic (exact) mass is 349 g/mol. The largest absolute Gasteiger partial charge is 0.347 e. The van der Waals surface area contributed by atoms with E-state index < -0.39 is 0 Å². The second-order valence-corrected chi connectivity index (χ2v) is 7.42. The standard InChI is InChI=1S/C22H27N3O/c26-22(15-14-17-8-2-1-3-9-17)23-16-20-19-12-6-7-13-21(19)25(24-20)18-10-4-5-11-18/h1-3,8-9,14-15,18H,4-7,10-13,16H2,(H,23,26)/b15-14+. The molecule has 1 N–H and O–H groups in total. The van der Waals surface area contributed by atoms with Gasteiger partial charge in [0.15, 0.2) is 0 Å². The molecule has 2 aliphatic carbocycles. The van der Waals surface area contributed by atoms with Crippen LogP contribution < -0.4 is 5.32 Å². The maximum Gasteiger partial charge on any atom is 0.244 e. The highest BCUT2D eigenvalue weighted by Gasteiger charge is 2.26. The van der Waals surface area contributed by atoms with Gasteiger partial charge >= 0.3 is 0 Å². The van der Waals surface area contributed by atoms with Gasteiger partial charge in [-0.05, 0) is 55.7 Å². The van der Waals surface area contributed by atoms with Gasteiger partial charge in [-0.25, -0.2) is 0 Å². The number of benzene rings is 1. The van der Waals surface area contributed by atoms with Gasteiger partial charge in [0, 0.05) is 11.8 Å². The lowest BCUT2D eigenvalue weighted by molar-refractivity contribution is -0.116. The molecule has 0 bridgehead atoms. The van der Waals surface area contributed by atoms with E-state index in [9.17, 15) is 4.79 Å². The van der Waals surface area contributed by atoms with Crippen molar-refractivity contribution in [1.29, 1.82) is 0 Å². The molecule has 0 atom stereocenters. The number of hydrogen-bond acceptors (Lipinski definition) is 2. The van der Waals surface area contributed by atoms with Crippen molar-refractivity contribution in [3.63, 3.8) is 0 Å². The first-order valence-corrected chi connectivity index (χ1v) is 9.91.